The minimum atomic E-state index is -0.696. The van der Waals surface area contributed by atoms with Gasteiger partial charge >= 0.3 is 12.2 Å². The second-order valence-corrected chi connectivity index (χ2v) is 18.8. The van der Waals surface area contributed by atoms with Gasteiger partial charge in [-0.2, -0.15) is 0 Å². The highest BCUT2D eigenvalue weighted by Crippen LogP contribution is 2.58. The molecule has 6 fully saturated rings. The van der Waals surface area contributed by atoms with Crippen LogP contribution in [0.25, 0.3) is 11.3 Å². The number of benzene rings is 1. The predicted octanol–water partition coefficient (Wildman–Crippen LogP) is 6.98. The van der Waals surface area contributed by atoms with Gasteiger partial charge in [0.15, 0.2) is 0 Å². The maximum Gasteiger partial charge on any atom is 0.408 e. The largest absolute Gasteiger partial charge is 0.453 e. The van der Waals surface area contributed by atoms with Crippen LogP contribution >= 0.6 is 0 Å². The molecule has 3 saturated carbocycles. The van der Waals surface area contributed by atoms with Crippen molar-refractivity contribution in [2.75, 3.05) is 33.4 Å². The van der Waals surface area contributed by atoms with E-state index in [2.05, 4.69) is 44.9 Å². The fraction of sp³-hybridized carbons (Fsp3) is 0.652. The molecule has 9 rings (SSSR count). The summed E-state index contributed by atoms with van der Waals surface area (Å²) in [5.74, 6) is 1.19. The summed E-state index contributed by atoms with van der Waals surface area (Å²) < 4.78 is 15.8. The van der Waals surface area contributed by atoms with Gasteiger partial charge in [-0.3, -0.25) is 9.59 Å². The Labute approximate surface area is 358 Å². The molecule has 0 spiro atoms. The zero-order chi connectivity index (χ0) is 42.9. The van der Waals surface area contributed by atoms with Crippen molar-refractivity contribution in [1.82, 2.24) is 40.4 Å². The number of amides is 4. The molecule has 0 radical (unpaired) electrons. The minimum absolute atomic E-state index is 0.0500. The first-order chi connectivity index (χ1) is 29.4. The second kappa shape index (κ2) is 17.8. The van der Waals surface area contributed by atoms with E-state index in [-0.39, 0.29) is 52.7 Å². The number of rotatable bonds is 12. The van der Waals surface area contributed by atoms with Crippen LogP contribution in [0.15, 0.2) is 36.7 Å². The van der Waals surface area contributed by atoms with Gasteiger partial charge < -0.3 is 44.6 Å². The number of fused-ring (bicyclic) bond motifs is 3. The van der Waals surface area contributed by atoms with E-state index in [0.717, 1.165) is 87.1 Å². The van der Waals surface area contributed by atoms with E-state index in [0.29, 0.717) is 39.1 Å². The lowest BCUT2D eigenvalue weighted by molar-refractivity contribution is -0.136. The smallest absolute Gasteiger partial charge is 0.408 e. The average Bonchev–Trinajstić information content (AvgIpc) is 4.12. The Hall–Kier alpha value is -4.92. The number of imidazole rings is 2. The summed E-state index contributed by atoms with van der Waals surface area (Å²) >= 11 is 0. The number of methoxy groups -OCH3 is 1. The summed E-state index contributed by atoms with van der Waals surface area (Å²) in [6.07, 6.45) is 13.8. The van der Waals surface area contributed by atoms with Crippen molar-refractivity contribution in [2.45, 2.75) is 146 Å². The van der Waals surface area contributed by atoms with E-state index < -0.39 is 24.3 Å². The van der Waals surface area contributed by atoms with Gasteiger partial charge in [0.05, 0.1) is 44.3 Å². The van der Waals surface area contributed by atoms with Crippen molar-refractivity contribution in [3.8, 4) is 11.3 Å². The van der Waals surface area contributed by atoms with Gasteiger partial charge in [-0.25, -0.2) is 19.6 Å². The molecule has 2 bridgehead atoms. The highest BCUT2D eigenvalue weighted by Gasteiger charge is 2.51. The summed E-state index contributed by atoms with van der Waals surface area (Å²) in [6.45, 7) is 10.1. The Morgan fingerprint density at radius 2 is 1.25 bits per heavy atom. The van der Waals surface area contributed by atoms with Gasteiger partial charge in [-0.15, -0.1) is 0 Å². The van der Waals surface area contributed by atoms with Crippen molar-refractivity contribution >= 4 is 24.0 Å². The lowest BCUT2D eigenvalue weighted by Gasteiger charge is -2.53. The molecule has 2 aromatic heterocycles. The Kier molecular flexibility index (Phi) is 12.5. The molecule has 330 valence electrons. The molecule has 3 aromatic rings. The molecule has 15 nitrogen and oxygen atoms in total. The fourth-order valence-corrected chi connectivity index (χ4v) is 10.8. The zero-order valence-electron chi connectivity index (χ0n) is 36.5. The van der Waals surface area contributed by atoms with Gasteiger partial charge in [-0.05, 0) is 92.6 Å². The number of likely N-dealkylation sites (tertiary alicyclic amines) is 2. The lowest BCUT2D eigenvalue weighted by Crippen LogP contribution is -2.51. The van der Waals surface area contributed by atoms with Crippen molar-refractivity contribution in [3.63, 3.8) is 0 Å². The third-order valence-electron chi connectivity index (χ3n) is 14.6. The molecule has 15 heteroatoms. The van der Waals surface area contributed by atoms with Gasteiger partial charge in [0, 0.05) is 43.2 Å². The van der Waals surface area contributed by atoms with Crippen LogP contribution in [0.5, 0.6) is 0 Å². The summed E-state index contributed by atoms with van der Waals surface area (Å²) in [5.41, 5.74) is 4.72. The number of hydrogen-bond donors (Lipinski definition) is 4. The van der Waals surface area contributed by atoms with Crippen LogP contribution in [0, 0.1) is 11.8 Å². The van der Waals surface area contributed by atoms with Crippen LogP contribution in [-0.2, 0) is 34.6 Å². The lowest BCUT2D eigenvalue weighted by atomic mass is 9.51. The molecule has 5 heterocycles. The Balaban J connectivity index is 0.888. The standard InChI is InChI=1S/C46H64N8O7/c1-28(2)37(51-43(57)59-5)41(55)54-23-7-9-35(54)40-48-27-36(50-40)46-19-16-45(17-20-46,18-21-46)31-12-10-30(11-13-31)33-26-47-39(49-33)34-8-6-22-53(34)42(56)38(29(3)4)52-44(58)61-32-14-24-60-25-15-32/h10-13,26-29,32,34-35,37-38H,6-9,14-25H2,1-5H3,(H,47,49)(H,48,50)(H,51,57)(H,52,58)/t34-,35-,37-,38-,45?,46?/m0/s1. The second-order valence-electron chi connectivity index (χ2n) is 18.8. The summed E-state index contributed by atoms with van der Waals surface area (Å²) in [6, 6.07) is 7.26. The van der Waals surface area contributed by atoms with Crippen LogP contribution in [0.2, 0.25) is 0 Å². The average molecular weight is 841 g/mol. The Morgan fingerprint density at radius 3 is 1.80 bits per heavy atom. The molecule has 3 saturated heterocycles. The molecule has 4 atom stereocenters. The molecule has 0 unspecified atom stereocenters. The normalized spacial score (nSPS) is 26.4. The number of ether oxygens (including phenoxy) is 3. The fourth-order valence-electron chi connectivity index (χ4n) is 10.8. The van der Waals surface area contributed by atoms with Crippen molar-refractivity contribution in [1.29, 1.82) is 0 Å². The predicted molar refractivity (Wildman–Crippen MR) is 227 cm³/mol. The van der Waals surface area contributed by atoms with E-state index in [9.17, 15) is 19.2 Å². The first kappa shape index (κ1) is 42.8. The minimum Gasteiger partial charge on any atom is -0.453 e. The number of carbonyl (C=O) groups excluding carboxylic acids is 4. The molecule has 1 aromatic carbocycles. The van der Waals surface area contributed by atoms with E-state index in [1.165, 1.54) is 18.4 Å². The quantitative estimate of drug-likeness (QED) is 0.149. The zero-order valence-corrected chi connectivity index (χ0v) is 36.5. The monoisotopic (exact) mass is 840 g/mol. The number of H-pyrrole nitrogens is 2. The van der Waals surface area contributed by atoms with Crippen molar-refractivity contribution in [2.24, 2.45) is 11.8 Å². The third-order valence-corrected chi connectivity index (χ3v) is 14.6. The van der Waals surface area contributed by atoms with Gasteiger partial charge in [-0.1, -0.05) is 52.0 Å². The molecular formula is C46H64N8O7. The van der Waals surface area contributed by atoms with Gasteiger partial charge in [0.2, 0.25) is 11.8 Å². The third kappa shape index (κ3) is 8.63. The first-order valence-electron chi connectivity index (χ1n) is 22.6. The molecular weight excluding hydrogens is 777 g/mol. The van der Waals surface area contributed by atoms with Crippen LogP contribution in [0.1, 0.15) is 140 Å². The van der Waals surface area contributed by atoms with E-state index >= 15 is 0 Å². The Bertz CT molecular complexity index is 2010. The van der Waals surface area contributed by atoms with Crippen LogP contribution in [-0.4, -0.2) is 105 Å². The van der Waals surface area contributed by atoms with Gasteiger partial charge in [0.1, 0.15) is 29.8 Å². The van der Waals surface area contributed by atoms with Crippen LogP contribution in [0.4, 0.5) is 9.59 Å². The highest BCUT2D eigenvalue weighted by molar-refractivity contribution is 5.87. The number of aromatic amines is 2. The van der Waals surface area contributed by atoms with E-state index in [1.54, 1.807) is 0 Å². The number of alkyl carbamates (subject to hydrolysis) is 2. The van der Waals surface area contributed by atoms with Crippen LogP contribution < -0.4 is 10.6 Å². The molecule has 3 aliphatic carbocycles. The molecule has 3 aliphatic heterocycles. The number of nitrogens with zero attached hydrogens (tertiary/aromatic N) is 4. The maximum absolute atomic E-state index is 14.0. The number of aromatic nitrogens is 4. The SMILES string of the molecule is COC(=O)N[C@H](C(=O)N1CCC[C@H]1c1ncc(C23CCC(c4ccc(-c5cnc([C@@H]6CCCN6C(=O)[C@@H](NC(=O)OC6CCOCC6)C(C)C)[nH]5)cc4)(CC2)CC3)[nH]1)C(C)C. The van der Waals surface area contributed by atoms with Crippen molar-refractivity contribution < 1.29 is 33.4 Å². The number of carbonyl (C=O) groups is 4. The highest BCUT2D eigenvalue weighted by atomic mass is 16.6. The number of hydrogen-bond acceptors (Lipinski definition) is 9. The van der Waals surface area contributed by atoms with Gasteiger partial charge in [0.25, 0.3) is 0 Å². The summed E-state index contributed by atoms with van der Waals surface area (Å²) in [4.78, 5) is 73.2. The summed E-state index contributed by atoms with van der Waals surface area (Å²) in [7, 11) is 1.31. The van der Waals surface area contributed by atoms with Crippen molar-refractivity contribution in [3.05, 3.63) is 59.6 Å². The summed E-state index contributed by atoms with van der Waals surface area (Å²) in [5, 5.41) is 5.61. The van der Waals surface area contributed by atoms with E-state index in [4.69, 9.17) is 24.2 Å². The topological polar surface area (TPSA) is 184 Å². The Morgan fingerprint density at radius 1 is 0.721 bits per heavy atom. The first-order valence-corrected chi connectivity index (χ1v) is 22.6. The van der Waals surface area contributed by atoms with E-state index in [1.807, 2.05) is 49.9 Å². The maximum atomic E-state index is 14.0. The molecule has 4 N–H and O–H groups in total. The number of nitrogens with one attached hydrogen (secondary N) is 4. The molecule has 6 aliphatic rings. The molecule has 4 amide bonds. The van der Waals surface area contributed by atoms with Crippen LogP contribution in [0.3, 0.4) is 0 Å². The molecule has 61 heavy (non-hydrogen) atoms.